The molecule has 6 nitrogen and oxygen atoms in total. The summed E-state index contributed by atoms with van der Waals surface area (Å²) in [6.45, 7) is 0. The molecule has 0 radical (unpaired) electrons. The second kappa shape index (κ2) is 6.92. The predicted octanol–water partition coefficient (Wildman–Crippen LogP) is 2.00. The highest BCUT2D eigenvalue weighted by molar-refractivity contribution is 7.90. The van der Waals surface area contributed by atoms with Gasteiger partial charge in [-0.15, -0.1) is 0 Å². The fourth-order valence-electron chi connectivity index (χ4n) is 1.96. The highest BCUT2D eigenvalue weighted by Gasteiger charge is 2.20. The summed E-state index contributed by atoms with van der Waals surface area (Å²) in [5.41, 5.74) is 0.405. The van der Waals surface area contributed by atoms with Crippen LogP contribution < -0.4 is 4.72 Å². The molecule has 2 rings (SSSR count). The van der Waals surface area contributed by atoms with E-state index in [1.54, 1.807) is 30.3 Å². The molecule has 24 heavy (non-hydrogen) atoms. The van der Waals surface area contributed by atoms with E-state index in [-0.39, 0.29) is 21.2 Å². The number of hydrogen-bond donors (Lipinski definition) is 1. The smallest absolute Gasteiger partial charge is 0.264 e. The lowest BCUT2D eigenvalue weighted by atomic mass is 10.2. The van der Waals surface area contributed by atoms with Gasteiger partial charge < -0.3 is 0 Å². The molecule has 2 aromatic rings. The van der Waals surface area contributed by atoms with Crippen molar-refractivity contribution in [2.45, 2.75) is 10.6 Å². The molecule has 1 N–H and O–H groups in total. The Morgan fingerprint density at radius 3 is 2.25 bits per heavy atom. The topological polar surface area (TPSA) is 97.4 Å². The first kappa shape index (κ1) is 18.4. The van der Waals surface area contributed by atoms with E-state index in [1.165, 1.54) is 12.1 Å². The number of amides is 1. The molecule has 0 aliphatic carbocycles. The molecule has 0 heterocycles. The molecule has 1 amide bonds. The molecule has 128 valence electrons. The number of sulfonamides is 1. The number of nitrogens with one attached hydrogen (secondary N) is 1. The Balaban J connectivity index is 2.24. The van der Waals surface area contributed by atoms with Crippen molar-refractivity contribution < 1.29 is 21.6 Å². The summed E-state index contributed by atoms with van der Waals surface area (Å²) >= 11 is 5.80. The van der Waals surface area contributed by atoms with Gasteiger partial charge in [0.05, 0.1) is 15.7 Å². The minimum Gasteiger partial charge on any atom is -0.268 e. The minimum atomic E-state index is -3.92. The summed E-state index contributed by atoms with van der Waals surface area (Å²) in [5, 5.41) is -0.0406. The lowest BCUT2D eigenvalue weighted by Crippen LogP contribution is -2.31. The standard InChI is InChI=1S/C15H14ClNO5S2/c1-23(19,20)14-9-12(7-8-13(14)16)15(18)17-24(21,22)10-11-5-3-2-4-6-11/h2-9H,10H2,1H3,(H,17,18). The van der Waals surface area contributed by atoms with Crippen molar-refractivity contribution in [3.8, 4) is 0 Å². The van der Waals surface area contributed by atoms with E-state index < -0.39 is 25.8 Å². The Hall–Kier alpha value is -1.90. The Morgan fingerprint density at radius 1 is 1.04 bits per heavy atom. The summed E-state index contributed by atoms with van der Waals surface area (Å²) in [7, 11) is -7.57. The van der Waals surface area contributed by atoms with E-state index in [2.05, 4.69) is 0 Å². The second-order valence-electron chi connectivity index (χ2n) is 5.09. The van der Waals surface area contributed by atoms with Gasteiger partial charge in [-0.2, -0.15) is 0 Å². The Labute approximate surface area is 145 Å². The van der Waals surface area contributed by atoms with Crippen LogP contribution in [0.2, 0.25) is 5.02 Å². The summed E-state index contributed by atoms with van der Waals surface area (Å²) in [4.78, 5) is 11.9. The molecule has 9 heteroatoms. The Bertz CT molecular complexity index is 970. The third kappa shape index (κ3) is 4.80. The van der Waals surface area contributed by atoms with Crippen molar-refractivity contribution in [1.82, 2.24) is 4.72 Å². The maximum Gasteiger partial charge on any atom is 0.264 e. The molecule has 0 aliphatic rings. The van der Waals surface area contributed by atoms with Crippen LogP contribution in [0.25, 0.3) is 0 Å². The zero-order valence-electron chi connectivity index (χ0n) is 12.6. The van der Waals surface area contributed by atoms with E-state index in [4.69, 9.17) is 11.6 Å². The number of hydrogen-bond acceptors (Lipinski definition) is 5. The first-order chi connectivity index (χ1) is 11.1. The van der Waals surface area contributed by atoms with Crippen molar-refractivity contribution in [2.75, 3.05) is 6.26 Å². The zero-order chi connectivity index (χ0) is 18.0. The van der Waals surface area contributed by atoms with Gasteiger partial charge in [0.1, 0.15) is 0 Å². The summed E-state index contributed by atoms with van der Waals surface area (Å²) in [6.07, 6.45) is 0.946. The second-order valence-corrected chi connectivity index (χ2v) is 9.21. The zero-order valence-corrected chi connectivity index (χ0v) is 15.0. The fraction of sp³-hybridized carbons (Fsp3) is 0.133. The Morgan fingerprint density at radius 2 is 1.67 bits per heavy atom. The van der Waals surface area contributed by atoms with Crippen molar-refractivity contribution in [3.63, 3.8) is 0 Å². The molecule has 0 fully saturated rings. The van der Waals surface area contributed by atoms with Gasteiger partial charge in [-0.25, -0.2) is 21.6 Å². The molecular weight excluding hydrogens is 374 g/mol. The van der Waals surface area contributed by atoms with E-state index in [0.29, 0.717) is 5.56 Å². The van der Waals surface area contributed by atoms with Crippen LogP contribution in [-0.2, 0) is 25.6 Å². The van der Waals surface area contributed by atoms with Crippen molar-refractivity contribution in [1.29, 1.82) is 0 Å². The van der Waals surface area contributed by atoms with Crippen LogP contribution in [-0.4, -0.2) is 29.0 Å². The van der Waals surface area contributed by atoms with E-state index >= 15 is 0 Å². The Kier molecular flexibility index (Phi) is 5.32. The van der Waals surface area contributed by atoms with Crippen molar-refractivity contribution in [3.05, 3.63) is 64.7 Å². The molecule has 0 aliphatic heterocycles. The van der Waals surface area contributed by atoms with Gasteiger partial charge in [0, 0.05) is 11.8 Å². The van der Waals surface area contributed by atoms with E-state index in [9.17, 15) is 21.6 Å². The van der Waals surface area contributed by atoms with Crippen LogP contribution in [0.15, 0.2) is 53.4 Å². The number of benzene rings is 2. The predicted molar refractivity (Wildman–Crippen MR) is 91.1 cm³/mol. The molecule has 0 bridgehead atoms. The van der Waals surface area contributed by atoms with Gasteiger partial charge in [0.15, 0.2) is 9.84 Å². The molecule has 0 aromatic heterocycles. The third-order valence-corrected chi connectivity index (χ3v) is 5.83. The van der Waals surface area contributed by atoms with Gasteiger partial charge in [-0.05, 0) is 23.8 Å². The third-order valence-electron chi connectivity index (χ3n) is 3.04. The number of sulfone groups is 1. The number of halogens is 1. The van der Waals surface area contributed by atoms with Crippen molar-refractivity contribution in [2.24, 2.45) is 0 Å². The number of carbonyl (C=O) groups excluding carboxylic acids is 1. The molecule has 0 unspecified atom stereocenters. The lowest BCUT2D eigenvalue weighted by Gasteiger charge is -2.09. The van der Waals surface area contributed by atoms with Gasteiger partial charge in [0.2, 0.25) is 10.0 Å². The fourth-order valence-corrected chi connectivity index (χ4v) is 4.36. The minimum absolute atomic E-state index is 0.0406. The SMILES string of the molecule is CS(=O)(=O)c1cc(C(=O)NS(=O)(=O)Cc2ccccc2)ccc1Cl. The average molecular weight is 388 g/mol. The maximum atomic E-state index is 12.1. The van der Waals surface area contributed by atoms with E-state index in [1.807, 2.05) is 4.72 Å². The number of rotatable bonds is 5. The van der Waals surface area contributed by atoms with Gasteiger partial charge in [0.25, 0.3) is 5.91 Å². The summed E-state index contributed by atoms with van der Waals surface area (Å²) in [5.74, 6) is -1.29. The summed E-state index contributed by atoms with van der Waals surface area (Å²) < 4.78 is 49.3. The largest absolute Gasteiger partial charge is 0.268 e. The van der Waals surface area contributed by atoms with Crippen LogP contribution >= 0.6 is 11.6 Å². The summed E-state index contributed by atoms with van der Waals surface area (Å²) in [6, 6.07) is 11.9. The molecular formula is C15H14ClNO5S2. The first-order valence-corrected chi connectivity index (χ1v) is 10.6. The van der Waals surface area contributed by atoms with Gasteiger partial charge in [-0.1, -0.05) is 41.9 Å². The molecule has 0 saturated heterocycles. The van der Waals surface area contributed by atoms with Gasteiger partial charge in [-0.3, -0.25) is 4.79 Å². The monoisotopic (exact) mass is 387 g/mol. The molecule has 0 atom stereocenters. The average Bonchev–Trinajstić information content (AvgIpc) is 2.46. The van der Waals surface area contributed by atoms with Crippen LogP contribution in [0.1, 0.15) is 15.9 Å². The highest BCUT2D eigenvalue weighted by Crippen LogP contribution is 2.22. The first-order valence-electron chi connectivity index (χ1n) is 6.67. The lowest BCUT2D eigenvalue weighted by molar-refractivity contribution is 0.0981. The van der Waals surface area contributed by atoms with Gasteiger partial charge >= 0.3 is 0 Å². The normalized spacial score (nSPS) is 11.9. The van der Waals surface area contributed by atoms with Crippen LogP contribution in [0.5, 0.6) is 0 Å². The van der Waals surface area contributed by atoms with E-state index in [0.717, 1.165) is 12.3 Å². The highest BCUT2D eigenvalue weighted by atomic mass is 35.5. The van der Waals surface area contributed by atoms with Crippen LogP contribution in [0.4, 0.5) is 0 Å². The quantitative estimate of drug-likeness (QED) is 0.846. The molecule has 2 aromatic carbocycles. The van der Waals surface area contributed by atoms with Crippen LogP contribution in [0, 0.1) is 0 Å². The molecule has 0 saturated carbocycles. The molecule has 0 spiro atoms. The number of carbonyl (C=O) groups is 1. The maximum absolute atomic E-state index is 12.1. The van der Waals surface area contributed by atoms with Crippen LogP contribution in [0.3, 0.4) is 0 Å². The van der Waals surface area contributed by atoms with Crippen molar-refractivity contribution >= 4 is 37.4 Å².